The second-order valence-electron chi connectivity index (χ2n) is 7.11. The maximum Gasteiger partial charge on any atom is 0.185 e. The molecule has 3 rings (SSSR count). The van der Waals surface area contributed by atoms with Crippen molar-refractivity contribution in [2.45, 2.75) is 45.4 Å². The largest absolute Gasteiger partial charge is 0.378 e. The smallest absolute Gasteiger partial charge is 0.185 e. The number of hydrogen-bond donors (Lipinski definition) is 1. The Labute approximate surface area is 155 Å². The highest BCUT2D eigenvalue weighted by Crippen LogP contribution is 2.23. The molecule has 0 aliphatic carbocycles. The van der Waals surface area contributed by atoms with Crippen molar-refractivity contribution in [3.8, 4) is 0 Å². The number of hydrogen-bond acceptors (Lipinski definition) is 7. The van der Waals surface area contributed by atoms with Crippen molar-refractivity contribution in [1.82, 2.24) is 15.2 Å². The molecular weight excluding hydrogens is 336 g/mol. The number of unbranched alkanes of at least 4 members (excludes halogenated alkanes) is 1. The van der Waals surface area contributed by atoms with Crippen LogP contribution in [0.3, 0.4) is 0 Å². The summed E-state index contributed by atoms with van der Waals surface area (Å²) in [6.07, 6.45) is 5.21. The minimum absolute atomic E-state index is 0.369. The molecule has 0 radical (unpaired) electrons. The molecule has 0 amide bonds. The van der Waals surface area contributed by atoms with Crippen molar-refractivity contribution < 1.29 is 9.47 Å². The zero-order valence-electron chi connectivity index (χ0n) is 15.6. The van der Waals surface area contributed by atoms with E-state index in [1.54, 1.807) is 11.3 Å². The van der Waals surface area contributed by atoms with Crippen LogP contribution in [-0.2, 0) is 16.0 Å². The summed E-state index contributed by atoms with van der Waals surface area (Å²) >= 11 is 1.80. The van der Waals surface area contributed by atoms with Crippen LogP contribution >= 0.6 is 11.3 Å². The molecule has 142 valence electrons. The van der Waals surface area contributed by atoms with E-state index in [4.69, 9.17) is 9.47 Å². The van der Waals surface area contributed by atoms with Crippen LogP contribution in [0, 0.1) is 0 Å². The quantitative estimate of drug-likeness (QED) is 0.708. The van der Waals surface area contributed by atoms with E-state index in [0.29, 0.717) is 12.2 Å². The van der Waals surface area contributed by atoms with E-state index in [-0.39, 0.29) is 0 Å². The van der Waals surface area contributed by atoms with Crippen molar-refractivity contribution in [3.05, 3.63) is 11.1 Å². The fraction of sp³-hybridized carbons (Fsp3) is 0.833. The molecule has 25 heavy (non-hydrogen) atoms. The van der Waals surface area contributed by atoms with Gasteiger partial charge in [0.1, 0.15) is 0 Å². The van der Waals surface area contributed by atoms with E-state index in [2.05, 4.69) is 33.9 Å². The Kier molecular flexibility index (Phi) is 7.49. The molecule has 2 atom stereocenters. The number of aromatic nitrogens is 1. The molecule has 2 aliphatic rings. The van der Waals surface area contributed by atoms with Crippen molar-refractivity contribution in [3.63, 3.8) is 0 Å². The van der Waals surface area contributed by atoms with E-state index in [1.165, 1.54) is 24.3 Å². The van der Waals surface area contributed by atoms with Crippen LogP contribution in [0.4, 0.5) is 5.13 Å². The van der Waals surface area contributed by atoms with Crippen LogP contribution in [0.5, 0.6) is 0 Å². The van der Waals surface area contributed by atoms with Gasteiger partial charge in [0.25, 0.3) is 0 Å². The highest BCUT2D eigenvalue weighted by atomic mass is 32.1. The van der Waals surface area contributed by atoms with Crippen molar-refractivity contribution >= 4 is 16.5 Å². The number of rotatable bonds is 8. The van der Waals surface area contributed by atoms with E-state index in [1.807, 2.05) is 6.20 Å². The number of nitrogens with zero attached hydrogens (tertiary/aromatic N) is 3. The molecule has 0 aromatic carbocycles. The van der Waals surface area contributed by atoms with Crippen LogP contribution in [0.15, 0.2) is 6.20 Å². The molecule has 2 saturated heterocycles. The third-order valence-electron chi connectivity index (χ3n) is 4.70. The summed E-state index contributed by atoms with van der Waals surface area (Å²) < 4.78 is 11.2. The first-order valence-corrected chi connectivity index (χ1v) is 10.4. The fourth-order valence-corrected chi connectivity index (χ4v) is 4.47. The van der Waals surface area contributed by atoms with Gasteiger partial charge in [0, 0.05) is 43.8 Å². The van der Waals surface area contributed by atoms with Crippen LogP contribution in [0.25, 0.3) is 0 Å². The van der Waals surface area contributed by atoms with Gasteiger partial charge in [-0.15, -0.1) is 11.3 Å². The minimum atomic E-state index is 0.369. The first kappa shape index (κ1) is 19.0. The second kappa shape index (κ2) is 9.83. The number of morpholine rings is 2. The predicted molar refractivity (Wildman–Crippen MR) is 103 cm³/mol. The summed E-state index contributed by atoms with van der Waals surface area (Å²) in [6.45, 7) is 13.2. The Morgan fingerprint density at radius 3 is 2.72 bits per heavy atom. The average Bonchev–Trinajstić information content (AvgIpc) is 3.07. The maximum atomic E-state index is 5.79. The molecular formula is C18H32N4O2S. The highest BCUT2D eigenvalue weighted by Gasteiger charge is 2.21. The first-order valence-electron chi connectivity index (χ1n) is 9.56. The van der Waals surface area contributed by atoms with Gasteiger partial charge in [-0.1, -0.05) is 0 Å². The third kappa shape index (κ3) is 6.18. The van der Waals surface area contributed by atoms with E-state index < -0.39 is 0 Å². The molecule has 0 spiro atoms. The molecule has 6 nitrogen and oxygen atoms in total. The minimum Gasteiger partial charge on any atom is -0.378 e. The molecule has 0 bridgehead atoms. The Morgan fingerprint density at radius 2 is 1.96 bits per heavy atom. The lowest BCUT2D eigenvalue weighted by Gasteiger charge is -2.35. The molecule has 2 fully saturated rings. The van der Waals surface area contributed by atoms with Gasteiger partial charge >= 0.3 is 0 Å². The van der Waals surface area contributed by atoms with Crippen LogP contribution in [0.2, 0.25) is 0 Å². The van der Waals surface area contributed by atoms with Gasteiger partial charge in [0.05, 0.1) is 25.4 Å². The van der Waals surface area contributed by atoms with Crippen LogP contribution < -0.4 is 10.2 Å². The van der Waals surface area contributed by atoms with Crippen LogP contribution in [0.1, 0.15) is 31.6 Å². The monoisotopic (exact) mass is 368 g/mol. The van der Waals surface area contributed by atoms with E-state index in [0.717, 1.165) is 57.6 Å². The summed E-state index contributed by atoms with van der Waals surface area (Å²) in [7, 11) is 0. The number of thiazole rings is 1. The van der Waals surface area contributed by atoms with Crippen molar-refractivity contribution in [2.75, 3.05) is 57.4 Å². The Bertz CT molecular complexity index is 497. The molecule has 7 heteroatoms. The highest BCUT2D eigenvalue weighted by molar-refractivity contribution is 7.15. The Morgan fingerprint density at radius 1 is 1.20 bits per heavy atom. The molecule has 1 aromatic heterocycles. The van der Waals surface area contributed by atoms with E-state index >= 15 is 0 Å². The lowest BCUT2D eigenvalue weighted by Crippen LogP contribution is -2.45. The molecule has 1 aromatic rings. The summed E-state index contributed by atoms with van der Waals surface area (Å²) in [6, 6.07) is 0. The predicted octanol–water partition coefficient (Wildman–Crippen LogP) is 1.96. The lowest BCUT2D eigenvalue weighted by molar-refractivity contribution is -0.0681. The summed E-state index contributed by atoms with van der Waals surface area (Å²) in [5, 5.41) is 4.69. The number of nitrogens with one attached hydrogen (secondary N) is 1. The maximum absolute atomic E-state index is 5.79. The van der Waals surface area contributed by atoms with Crippen LogP contribution in [-0.4, -0.2) is 74.6 Å². The van der Waals surface area contributed by atoms with Gasteiger partial charge in [0.2, 0.25) is 0 Å². The molecule has 1 N–H and O–H groups in total. The summed E-state index contributed by atoms with van der Waals surface area (Å²) in [4.78, 5) is 10.7. The Balaban J connectivity index is 1.27. The molecule has 0 saturated carbocycles. The average molecular weight is 369 g/mol. The molecule has 3 heterocycles. The first-order chi connectivity index (χ1) is 12.2. The number of anilines is 1. The zero-order valence-corrected chi connectivity index (χ0v) is 16.4. The number of ether oxygens (including phenoxy) is 2. The van der Waals surface area contributed by atoms with Gasteiger partial charge in [0.15, 0.2) is 5.13 Å². The molecule has 2 unspecified atom stereocenters. The summed E-state index contributed by atoms with van der Waals surface area (Å²) in [5.74, 6) is 0. The fourth-order valence-electron chi connectivity index (χ4n) is 3.54. The van der Waals surface area contributed by atoms with Gasteiger partial charge in [-0.3, -0.25) is 4.90 Å². The summed E-state index contributed by atoms with van der Waals surface area (Å²) in [5.41, 5.74) is 0. The Hall–Kier alpha value is -0.730. The lowest BCUT2D eigenvalue weighted by atomic mass is 10.2. The normalized spacial score (nSPS) is 25.4. The third-order valence-corrected chi connectivity index (χ3v) is 5.75. The van der Waals surface area contributed by atoms with E-state index in [9.17, 15) is 0 Å². The zero-order chi connectivity index (χ0) is 17.5. The molecule has 2 aliphatic heterocycles. The standard InChI is InChI=1S/C18H32N4O2S/c1-15-13-21(14-16(2)24-15)6-4-3-5-19-11-17-12-20-18(25-17)22-7-9-23-10-8-22/h12,15-16,19H,3-11,13-14H2,1-2H3. The van der Waals surface area contributed by atoms with Gasteiger partial charge in [-0.05, 0) is 39.8 Å². The van der Waals surface area contributed by atoms with Gasteiger partial charge in [-0.2, -0.15) is 0 Å². The van der Waals surface area contributed by atoms with Crippen molar-refractivity contribution in [1.29, 1.82) is 0 Å². The van der Waals surface area contributed by atoms with Crippen molar-refractivity contribution in [2.24, 2.45) is 0 Å². The topological polar surface area (TPSA) is 49.9 Å². The second-order valence-corrected chi connectivity index (χ2v) is 8.20. The van der Waals surface area contributed by atoms with Gasteiger partial charge in [-0.25, -0.2) is 4.98 Å². The SMILES string of the molecule is CC1CN(CCCCNCc2cnc(N3CCOCC3)s2)CC(C)O1. The van der Waals surface area contributed by atoms with Gasteiger partial charge < -0.3 is 19.7 Å².